The predicted molar refractivity (Wildman–Crippen MR) is 138 cm³/mol. The van der Waals surface area contributed by atoms with Crippen LogP contribution in [0, 0.1) is 0 Å². The maximum atomic E-state index is 13.3. The van der Waals surface area contributed by atoms with Crippen molar-refractivity contribution in [3.63, 3.8) is 0 Å². The van der Waals surface area contributed by atoms with E-state index in [4.69, 9.17) is 18.9 Å². The summed E-state index contributed by atoms with van der Waals surface area (Å²) in [6, 6.07) is 11.3. The first-order chi connectivity index (χ1) is 18.0. The minimum Gasteiger partial charge on any atom is -0.507 e. The number of ketones is 1. The van der Waals surface area contributed by atoms with Gasteiger partial charge in [-0.15, -0.1) is 0 Å². The van der Waals surface area contributed by atoms with Crippen molar-refractivity contribution in [2.75, 3.05) is 59.7 Å². The molecule has 0 aliphatic carbocycles. The molecule has 0 saturated carbocycles. The number of ether oxygens (including phenoxy) is 4. The van der Waals surface area contributed by atoms with Crippen molar-refractivity contribution in [2.24, 2.45) is 0 Å². The first-order valence-corrected chi connectivity index (χ1v) is 12.6. The summed E-state index contributed by atoms with van der Waals surface area (Å²) < 4.78 is 22.2. The molecular weight excluding hydrogens is 476 g/mol. The van der Waals surface area contributed by atoms with E-state index in [1.165, 1.54) is 4.90 Å². The highest BCUT2D eigenvalue weighted by atomic mass is 16.5. The Morgan fingerprint density at radius 2 is 1.65 bits per heavy atom. The van der Waals surface area contributed by atoms with E-state index < -0.39 is 17.7 Å². The van der Waals surface area contributed by atoms with E-state index in [0.717, 1.165) is 13.1 Å². The van der Waals surface area contributed by atoms with Crippen LogP contribution in [0.3, 0.4) is 0 Å². The first kappa shape index (κ1) is 26.5. The molecule has 9 heteroatoms. The Hall–Kier alpha value is -3.56. The molecule has 4 rings (SSSR count). The van der Waals surface area contributed by atoms with Crippen molar-refractivity contribution < 1.29 is 33.6 Å². The van der Waals surface area contributed by atoms with Crippen molar-refractivity contribution in [1.29, 1.82) is 0 Å². The standard InChI is InChI=1S/C28H34N2O7/c1-4-36-22-11-8-20(18-23(22)37-5-2)25-24(26(31)19-6-9-21(34-3)10-7-19)27(32)28(33)30(25)13-12-29-14-16-35-17-15-29/h6-11,18,25,31H,4-5,12-17H2,1-3H3/b26-24+/t25-/m0/s1. The predicted octanol–water partition coefficient (Wildman–Crippen LogP) is 3.25. The molecular formula is C28H34N2O7. The summed E-state index contributed by atoms with van der Waals surface area (Å²) >= 11 is 0. The number of rotatable bonds is 10. The van der Waals surface area contributed by atoms with Crippen LogP contribution in [0.25, 0.3) is 5.76 Å². The third-order valence-corrected chi connectivity index (χ3v) is 6.55. The van der Waals surface area contributed by atoms with Gasteiger partial charge in [-0.2, -0.15) is 0 Å². The lowest BCUT2D eigenvalue weighted by Crippen LogP contribution is -2.42. The second-order valence-corrected chi connectivity index (χ2v) is 8.75. The smallest absolute Gasteiger partial charge is 0.295 e. The van der Waals surface area contributed by atoms with Gasteiger partial charge in [0.2, 0.25) is 0 Å². The number of carbonyl (C=O) groups excluding carboxylic acids is 2. The van der Waals surface area contributed by atoms with Crippen molar-refractivity contribution >= 4 is 17.4 Å². The number of aliphatic hydroxyl groups is 1. The van der Waals surface area contributed by atoms with E-state index in [-0.39, 0.29) is 11.3 Å². The fraction of sp³-hybridized carbons (Fsp3) is 0.429. The van der Waals surface area contributed by atoms with Crippen molar-refractivity contribution in [3.05, 3.63) is 59.2 Å². The zero-order valence-corrected chi connectivity index (χ0v) is 21.6. The van der Waals surface area contributed by atoms with E-state index in [9.17, 15) is 14.7 Å². The SMILES string of the molecule is CCOc1ccc([C@H]2/C(=C(\O)c3ccc(OC)cc3)C(=O)C(=O)N2CCN2CCOCC2)cc1OCC. The molecule has 198 valence electrons. The van der Waals surface area contributed by atoms with Gasteiger partial charge in [0.1, 0.15) is 11.5 Å². The number of morpholine rings is 1. The van der Waals surface area contributed by atoms with Crippen LogP contribution in [0.4, 0.5) is 0 Å². The van der Waals surface area contributed by atoms with Gasteiger partial charge in [-0.1, -0.05) is 6.07 Å². The van der Waals surface area contributed by atoms with Crippen LogP contribution in [-0.4, -0.2) is 86.3 Å². The topological polar surface area (TPSA) is 97.8 Å². The number of amides is 1. The van der Waals surface area contributed by atoms with Crippen LogP contribution in [0.5, 0.6) is 17.2 Å². The first-order valence-electron chi connectivity index (χ1n) is 12.6. The fourth-order valence-electron chi connectivity index (χ4n) is 4.67. The molecule has 1 N–H and O–H groups in total. The van der Waals surface area contributed by atoms with Crippen LogP contribution >= 0.6 is 0 Å². The Morgan fingerprint density at radius 1 is 0.973 bits per heavy atom. The van der Waals surface area contributed by atoms with Gasteiger partial charge in [-0.25, -0.2) is 0 Å². The van der Waals surface area contributed by atoms with E-state index in [1.807, 2.05) is 19.9 Å². The van der Waals surface area contributed by atoms with E-state index in [1.54, 1.807) is 43.5 Å². The van der Waals surface area contributed by atoms with Crippen LogP contribution in [0.15, 0.2) is 48.0 Å². The van der Waals surface area contributed by atoms with Crippen molar-refractivity contribution in [2.45, 2.75) is 19.9 Å². The quantitative estimate of drug-likeness (QED) is 0.296. The van der Waals surface area contributed by atoms with Crippen molar-refractivity contribution in [1.82, 2.24) is 9.80 Å². The van der Waals surface area contributed by atoms with Crippen molar-refractivity contribution in [3.8, 4) is 17.2 Å². The average Bonchev–Trinajstić information content (AvgIpc) is 3.18. The normalized spacial score (nSPS) is 19.8. The lowest BCUT2D eigenvalue weighted by atomic mass is 9.95. The number of nitrogens with zero attached hydrogens (tertiary/aromatic N) is 2. The molecule has 0 radical (unpaired) electrons. The highest BCUT2D eigenvalue weighted by molar-refractivity contribution is 6.46. The number of hydrogen-bond donors (Lipinski definition) is 1. The lowest BCUT2D eigenvalue weighted by molar-refractivity contribution is -0.140. The Labute approximate surface area is 217 Å². The van der Waals surface area contributed by atoms with Crippen LogP contribution in [0.2, 0.25) is 0 Å². The molecule has 2 aromatic rings. The second kappa shape index (κ2) is 12.1. The fourth-order valence-corrected chi connectivity index (χ4v) is 4.67. The van der Waals surface area contributed by atoms with Gasteiger partial charge in [0.15, 0.2) is 11.5 Å². The van der Waals surface area contributed by atoms with E-state index >= 15 is 0 Å². The molecule has 2 aliphatic rings. The molecule has 37 heavy (non-hydrogen) atoms. The summed E-state index contributed by atoms with van der Waals surface area (Å²) in [5, 5.41) is 11.3. The monoisotopic (exact) mass is 510 g/mol. The average molecular weight is 511 g/mol. The Morgan fingerprint density at radius 3 is 2.30 bits per heavy atom. The number of likely N-dealkylation sites (tertiary alicyclic amines) is 1. The molecule has 2 heterocycles. The molecule has 1 amide bonds. The number of aliphatic hydroxyl groups excluding tert-OH is 1. The van der Waals surface area contributed by atoms with Gasteiger partial charge in [-0.05, 0) is 55.8 Å². The number of Topliss-reactive ketones (excluding diaryl/α,β-unsaturated/α-hetero) is 1. The molecule has 9 nitrogen and oxygen atoms in total. The van der Waals surface area contributed by atoms with Crippen LogP contribution in [-0.2, 0) is 14.3 Å². The molecule has 2 fully saturated rings. The summed E-state index contributed by atoms with van der Waals surface area (Å²) in [5.41, 5.74) is 1.12. The van der Waals surface area contributed by atoms with E-state index in [0.29, 0.717) is 67.9 Å². The summed E-state index contributed by atoms with van der Waals surface area (Å²) in [4.78, 5) is 30.4. The summed E-state index contributed by atoms with van der Waals surface area (Å²) in [5.74, 6) is 0.129. The lowest BCUT2D eigenvalue weighted by Gasteiger charge is -2.31. The largest absolute Gasteiger partial charge is 0.507 e. The number of methoxy groups -OCH3 is 1. The summed E-state index contributed by atoms with van der Waals surface area (Å²) in [6.45, 7) is 8.36. The number of benzene rings is 2. The number of carbonyl (C=O) groups is 2. The molecule has 2 aliphatic heterocycles. The Balaban J connectivity index is 1.77. The number of hydrogen-bond acceptors (Lipinski definition) is 8. The zero-order chi connectivity index (χ0) is 26.4. The van der Waals surface area contributed by atoms with Gasteiger partial charge in [-0.3, -0.25) is 14.5 Å². The highest BCUT2D eigenvalue weighted by Gasteiger charge is 2.46. The second-order valence-electron chi connectivity index (χ2n) is 8.75. The molecule has 0 spiro atoms. The summed E-state index contributed by atoms with van der Waals surface area (Å²) in [7, 11) is 1.55. The van der Waals surface area contributed by atoms with Gasteiger partial charge < -0.3 is 29.0 Å². The van der Waals surface area contributed by atoms with Gasteiger partial charge >= 0.3 is 0 Å². The molecule has 2 saturated heterocycles. The maximum absolute atomic E-state index is 13.3. The molecule has 2 aromatic carbocycles. The third kappa shape index (κ3) is 5.73. The Kier molecular flexibility index (Phi) is 8.68. The Bertz CT molecular complexity index is 1140. The molecule has 0 unspecified atom stereocenters. The minimum absolute atomic E-state index is 0.0451. The minimum atomic E-state index is -0.780. The van der Waals surface area contributed by atoms with Crippen LogP contribution < -0.4 is 14.2 Å². The van der Waals surface area contributed by atoms with Gasteiger partial charge in [0.05, 0.1) is 45.2 Å². The third-order valence-electron chi connectivity index (χ3n) is 6.55. The van der Waals surface area contributed by atoms with Gasteiger partial charge in [0, 0.05) is 31.7 Å². The maximum Gasteiger partial charge on any atom is 0.295 e. The van der Waals surface area contributed by atoms with Gasteiger partial charge in [0.25, 0.3) is 11.7 Å². The molecule has 0 bridgehead atoms. The summed E-state index contributed by atoms with van der Waals surface area (Å²) in [6.07, 6.45) is 0. The molecule has 0 aromatic heterocycles. The van der Waals surface area contributed by atoms with E-state index in [2.05, 4.69) is 4.90 Å². The molecule has 1 atom stereocenters. The zero-order valence-electron chi connectivity index (χ0n) is 21.6. The van der Waals surface area contributed by atoms with Crippen LogP contribution in [0.1, 0.15) is 31.0 Å². The highest BCUT2D eigenvalue weighted by Crippen LogP contribution is 2.42.